The van der Waals surface area contributed by atoms with Gasteiger partial charge in [-0.2, -0.15) is 4.52 Å². The van der Waals surface area contributed by atoms with Crippen molar-refractivity contribution in [3.05, 3.63) is 66.0 Å². The fraction of sp³-hybridized carbons (Fsp3) is 0.190. The first kappa shape index (κ1) is 21.7. The Hall–Kier alpha value is -3.57. The maximum absolute atomic E-state index is 13.4. The number of hydrogen-bond acceptors (Lipinski definition) is 7. The molecule has 0 radical (unpaired) electrons. The van der Waals surface area contributed by atoms with E-state index in [9.17, 15) is 12.8 Å². The second kappa shape index (κ2) is 8.89. The maximum Gasteiger partial charge on any atom is 0.240 e. The summed E-state index contributed by atoms with van der Waals surface area (Å²) < 4.78 is 53.1. The fourth-order valence-corrected chi connectivity index (χ4v) is 4.14. The van der Waals surface area contributed by atoms with Crippen molar-refractivity contribution in [1.82, 2.24) is 24.5 Å². The molecule has 0 unspecified atom stereocenters. The molecule has 0 saturated heterocycles. The Morgan fingerprint density at radius 2 is 1.91 bits per heavy atom. The first-order valence-electron chi connectivity index (χ1n) is 9.63. The monoisotopic (exact) mass is 457 g/mol. The highest BCUT2D eigenvalue weighted by Crippen LogP contribution is 2.28. The van der Waals surface area contributed by atoms with Crippen molar-refractivity contribution in [3.63, 3.8) is 0 Å². The molecule has 11 heteroatoms. The molecule has 4 aromatic rings. The van der Waals surface area contributed by atoms with Crippen LogP contribution in [0.1, 0.15) is 5.56 Å². The Kier molecular flexibility index (Phi) is 6.01. The number of ether oxygens (including phenoxy) is 2. The topological polar surface area (TPSA) is 108 Å². The Labute approximate surface area is 183 Å². The third-order valence-corrected chi connectivity index (χ3v) is 6.13. The summed E-state index contributed by atoms with van der Waals surface area (Å²) in [5.41, 5.74) is 1.49. The molecule has 0 fully saturated rings. The van der Waals surface area contributed by atoms with Crippen LogP contribution >= 0.6 is 0 Å². The number of aryl methyl sites for hydroxylation is 1. The second-order valence-corrected chi connectivity index (χ2v) is 8.59. The summed E-state index contributed by atoms with van der Waals surface area (Å²) in [5.74, 6) is 0.913. The number of sulfonamides is 1. The van der Waals surface area contributed by atoms with E-state index in [-0.39, 0.29) is 29.5 Å². The van der Waals surface area contributed by atoms with Crippen LogP contribution in [0.5, 0.6) is 11.6 Å². The molecule has 0 aliphatic carbocycles. The van der Waals surface area contributed by atoms with Gasteiger partial charge < -0.3 is 9.47 Å². The van der Waals surface area contributed by atoms with Crippen LogP contribution in [0.25, 0.3) is 17.0 Å². The number of para-hydroxylation sites is 1. The van der Waals surface area contributed by atoms with Crippen LogP contribution in [0, 0.1) is 12.7 Å². The standard InChI is InChI=1S/C21H20FN5O4S/c1-14-13-15(7-8-17(14)22)32(28,29)23-11-12-31-20-10-9-19-24-25-21(27(19)26-20)16-5-3-4-6-18(16)30-2/h3-10,13,23H,11-12H2,1-2H3. The van der Waals surface area contributed by atoms with Gasteiger partial charge in [-0.1, -0.05) is 12.1 Å². The van der Waals surface area contributed by atoms with Gasteiger partial charge >= 0.3 is 0 Å². The van der Waals surface area contributed by atoms with E-state index in [0.29, 0.717) is 17.2 Å². The summed E-state index contributed by atoms with van der Waals surface area (Å²) in [6, 6.07) is 14.3. The number of benzene rings is 2. The molecule has 166 valence electrons. The average Bonchev–Trinajstić information content (AvgIpc) is 3.21. The predicted molar refractivity (Wildman–Crippen MR) is 115 cm³/mol. The van der Waals surface area contributed by atoms with Crippen molar-refractivity contribution in [2.45, 2.75) is 11.8 Å². The minimum atomic E-state index is -3.79. The van der Waals surface area contributed by atoms with Gasteiger partial charge in [-0.3, -0.25) is 0 Å². The van der Waals surface area contributed by atoms with Crippen molar-refractivity contribution in [3.8, 4) is 23.0 Å². The molecular formula is C21H20FN5O4S. The summed E-state index contributed by atoms with van der Waals surface area (Å²) in [6.45, 7) is 1.54. The molecule has 0 saturated carbocycles. The lowest BCUT2D eigenvalue weighted by Gasteiger charge is -2.09. The summed E-state index contributed by atoms with van der Waals surface area (Å²) in [5, 5.41) is 12.7. The van der Waals surface area contributed by atoms with E-state index in [1.54, 1.807) is 19.2 Å². The molecule has 2 aromatic heterocycles. The van der Waals surface area contributed by atoms with E-state index in [4.69, 9.17) is 9.47 Å². The molecule has 0 aliphatic rings. The molecule has 2 aromatic carbocycles. The highest BCUT2D eigenvalue weighted by molar-refractivity contribution is 7.89. The molecule has 2 heterocycles. The lowest BCUT2D eigenvalue weighted by molar-refractivity contribution is 0.306. The molecule has 9 nitrogen and oxygen atoms in total. The van der Waals surface area contributed by atoms with Crippen LogP contribution in [-0.4, -0.2) is 48.5 Å². The molecule has 32 heavy (non-hydrogen) atoms. The lowest BCUT2D eigenvalue weighted by atomic mass is 10.2. The Bertz CT molecular complexity index is 1370. The Morgan fingerprint density at radius 1 is 1.09 bits per heavy atom. The van der Waals surface area contributed by atoms with Crippen LogP contribution in [0.4, 0.5) is 4.39 Å². The summed E-state index contributed by atoms with van der Waals surface area (Å²) in [7, 11) is -2.22. The van der Waals surface area contributed by atoms with Crippen LogP contribution in [0.3, 0.4) is 0 Å². The number of methoxy groups -OCH3 is 1. The molecule has 4 rings (SSSR count). The average molecular weight is 457 g/mol. The zero-order valence-electron chi connectivity index (χ0n) is 17.3. The number of fused-ring (bicyclic) bond motifs is 1. The van der Waals surface area contributed by atoms with Crippen molar-refractivity contribution >= 4 is 15.7 Å². The van der Waals surface area contributed by atoms with Gasteiger partial charge in [-0.25, -0.2) is 17.5 Å². The van der Waals surface area contributed by atoms with Crippen molar-refractivity contribution in [2.75, 3.05) is 20.3 Å². The number of nitrogens with zero attached hydrogens (tertiary/aromatic N) is 4. The Morgan fingerprint density at radius 3 is 2.69 bits per heavy atom. The van der Waals surface area contributed by atoms with Gasteiger partial charge in [0.15, 0.2) is 11.5 Å². The first-order valence-corrected chi connectivity index (χ1v) is 11.1. The van der Waals surface area contributed by atoms with Gasteiger partial charge in [0.05, 0.1) is 17.6 Å². The smallest absolute Gasteiger partial charge is 0.240 e. The normalized spacial score (nSPS) is 11.6. The third kappa shape index (κ3) is 4.39. The zero-order valence-corrected chi connectivity index (χ0v) is 18.1. The molecule has 0 amide bonds. The van der Waals surface area contributed by atoms with Crippen molar-refractivity contribution in [1.29, 1.82) is 0 Å². The largest absolute Gasteiger partial charge is 0.496 e. The molecule has 0 atom stereocenters. The van der Waals surface area contributed by atoms with E-state index < -0.39 is 15.8 Å². The highest BCUT2D eigenvalue weighted by atomic mass is 32.2. The number of hydrogen-bond donors (Lipinski definition) is 1. The van der Waals surface area contributed by atoms with E-state index >= 15 is 0 Å². The van der Waals surface area contributed by atoms with Crippen LogP contribution in [0.2, 0.25) is 0 Å². The summed E-state index contributed by atoms with van der Waals surface area (Å²) >= 11 is 0. The zero-order chi connectivity index (χ0) is 22.7. The van der Waals surface area contributed by atoms with E-state index in [1.165, 1.54) is 23.6 Å². The van der Waals surface area contributed by atoms with Crippen LogP contribution < -0.4 is 14.2 Å². The van der Waals surface area contributed by atoms with Gasteiger partial charge in [-0.05, 0) is 48.9 Å². The number of aromatic nitrogens is 4. The second-order valence-electron chi connectivity index (χ2n) is 6.82. The minimum absolute atomic E-state index is 0.0000182. The quantitative estimate of drug-likeness (QED) is 0.405. The molecule has 0 spiro atoms. The van der Waals surface area contributed by atoms with Crippen LogP contribution in [0.15, 0.2) is 59.5 Å². The minimum Gasteiger partial charge on any atom is -0.496 e. The number of halogens is 1. The third-order valence-electron chi connectivity index (χ3n) is 4.67. The highest BCUT2D eigenvalue weighted by Gasteiger charge is 2.16. The van der Waals surface area contributed by atoms with Gasteiger partial charge in [0, 0.05) is 12.6 Å². The van der Waals surface area contributed by atoms with E-state index in [2.05, 4.69) is 20.0 Å². The lowest BCUT2D eigenvalue weighted by Crippen LogP contribution is -2.28. The number of rotatable bonds is 8. The molecule has 1 N–H and O–H groups in total. The summed E-state index contributed by atoms with van der Waals surface area (Å²) in [4.78, 5) is -0.0121. The van der Waals surface area contributed by atoms with Gasteiger partial charge in [0.2, 0.25) is 15.9 Å². The fourth-order valence-electron chi connectivity index (χ4n) is 3.05. The first-order chi connectivity index (χ1) is 15.4. The van der Waals surface area contributed by atoms with E-state index in [1.807, 2.05) is 24.3 Å². The Balaban J connectivity index is 1.45. The maximum atomic E-state index is 13.4. The van der Waals surface area contributed by atoms with Crippen molar-refractivity contribution in [2.24, 2.45) is 0 Å². The van der Waals surface area contributed by atoms with Crippen molar-refractivity contribution < 1.29 is 22.3 Å². The van der Waals surface area contributed by atoms with Gasteiger partial charge in [0.25, 0.3) is 0 Å². The molecule has 0 bridgehead atoms. The van der Waals surface area contributed by atoms with E-state index in [0.717, 1.165) is 11.6 Å². The molecular weight excluding hydrogens is 437 g/mol. The van der Waals surface area contributed by atoms with Gasteiger partial charge in [-0.15, -0.1) is 15.3 Å². The molecule has 0 aliphatic heterocycles. The summed E-state index contributed by atoms with van der Waals surface area (Å²) in [6.07, 6.45) is 0. The van der Waals surface area contributed by atoms with Gasteiger partial charge in [0.1, 0.15) is 18.2 Å². The van der Waals surface area contributed by atoms with Crippen LogP contribution in [-0.2, 0) is 10.0 Å². The SMILES string of the molecule is COc1ccccc1-c1nnc2ccc(OCCNS(=O)(=O)c3ccc(F)c(C)c3)nn12. The number of nitrogens with one attached hydrogen (secondary N) is 1. The predicted octanol–water partition coefficient (Wildman–Crippen LogP) is 2.60.